The van der Waals surface area contributed by atoms with E-state index < -0.39 is 5.97 Å². The van der Waals surface area contributed by atoms with Crippen LogP contribution in [-0.4, -0.2) is 47.7 Å². The van der Waals surface area contributed by atoms with Crippen LogP contribution in [0.4, 0.5) is 4.79 Å². The highest BCUT2D eigenvalue weighted by Gasteiger charge is 2.19. The summed E-state index contributed by atoms with van der Waals surface area (Å²) in [5.74, 6) is -0.939. The highest BCUT2D eigenvalue weighted by molar-refractivity contribution is 5.87. The Labute approximate surface area is 123 Å². The second-order valence-corrected chi connectivity index (χ2v) is 5.31. The SMILES string of the molecule is NC1CCN(C(=O)NCCc2cccc(C(=O)O)c2)CC1. The molecule has 0 bridgehead atoms. The number of nitrogens with one attached hydrogen (secondary N) is 1. The number of piperidine rings is 1. The Morgan fingerprint density at radius 1 is 1.33 bits per heavy atom. The van der Waals surface area contributed by atoms with E-state index in [2.05, 4.69) is 5.32 Å². The number of hydrogen-bond donors (Lipinski definition) is 3. The summed E-state index contributed by atoms with van der Waals surface area (Å²) in [7, 11) is 0. The number of urea groups is 1. The predicted octanol–water partition coefficient (Wildman–Crippen LogP) is 1.06. The summed E-state index contributed by atoms with van der Waals surface area (Å²) in [6.07, 6.45) is 2.29. The number of nitrogens with zero attached hydrogens (tertiary/aromatic N) is 1. The van der Waals surface area contributed by atoms with Crippen LogP contribution >= 0.6 is 0 Å². The number of carbonyl (C=O) groups is 2. The van der Waals surface area contributed by atoms with Crippen molar-refractivity contribution in [1.29, 1.82) is 0 Å². The average Bonchev–Trinajstić information content (AvgIpc) is 2.48. The molecule has 0 unspecified atom stereocenters. The van der Waals surface area contributed by atoms with Crippen LogP contribution in [0.2, 0.25) is 0 Å². The first kappa shape index (κ1) is 15.3. The molecule has 1 fully saturated rings. The Morgan fingerprint density at radius 2 is 2.05 bits per heavy atom. The van der Waals surface area contributed by atoms with E-state index in [0.717, 1.165) is 18.4 Å². The number of carboxylic acids is 1. The lowest BCUT2D eigenvalue weighted by atomic mass is 10.1. The van der Waals surface area contributed by atoms with Crippen LogP contribution < -0.4 is 11.1 Å². The topological polar surface area (TPSA) is 95.7 Å². The third kappa shape index (κ3) is 4.46. The monoisotopic (exact) mass is 291 g/mol. The van der Waals surface area contributed by atoms with Gasteiger partial charge >= 0.3 is 12.0 Å². The van der Waals surface area contributed by atoms with Gasteiger partial charge in [0.2, 0.25) is 0 Å². The van der Waals surface area contributed by atoms with Gasteiger partial charge in [0.1, 0.15) is 0 Å². The second kappa shape index (κ2) is 7.08. The Hall–Kier alpha value is -2.08. The molecule has 2 amide bonds. The maximum Gasteiger partial charge on any atom is 0.335 e. The van der Waals surface area contributed by atoms with Gasteiger partial charge in [-0.15, -0.1) is 0 Å². The largest absolute Gasteiger partial charge is 0.478 e. The van der Waals surface area contributed by atoms with Crippen molar-refractivity contribution in [2.75, 3.05) is 19.6 Å². The van der Waals surface area contributed by atoms with Crippen molar-refractivity contribution in [3.8, 4) is 0 Å². The van der Waals surface area contributed by atoms with Crippen LogP contribution in [-0.2, 0) is 6.42 Å². The predicted molar refractivity (Wildman–Crippen MR) is 79.3 cm³/mol. The lowest BCUT2D eigenvalue weighted by Crippen LogP contribution is -2.47. The summed E-state index contributed by atoms with van der Waals surface area (Å²) in [5, 5.41) is 11.8. The minimum Gasteiger partial charge on any atom is -0.478 e. The molecule has 0 aromatic heterocycles. The lowest BCUT2D eigenvalue weighted by Gasteiger charge is -2.30. The van der Waals surface area contributed by atoms with Gasteiger partial charge in [0.05, 0.1) is 5.56 Å². The highest BCUT2D eigenvalue weighted by Crippen LogP contribution is 2.08. The van der Waals surface area contributed by atoms with E-state index in [1.165, 1.54) is 0 Å². The number of amides is 2. The summed E-state index contributed by atoms with van der Waals surface area (Å²) in [6, 6.07) is 6.89. The van der Waals surface area contributed by atoms with Crippen LogP contribution in [0.25, 0.3) is 0 Å². The molecule has 0 atom stereocenters. The zero-order valence-electron chi connectivity index (χ0n) is 11.9. The van der Waals surface area contributed by atoms with Crippen molar-refractivity contribution in [2.24, 2.45) is 5.73 Å². The molecule has 21 heavy (non-hydrogen) atoms. The highest BCUT2D eigenvalue weighted by atomic mass is 16.4. The fourth-order valence-electron chi connectivity index (χ4n) is 2.39. The molecule has 1 aliphatic rings. The number of carbonyl (C=O) groups excluding carboxylic acids is 1. The Kier molecular flexibility index (Phi) is 5.16. The molecule has 0 radical (unpaired) electrons. The van der Waals surface area contributed by atoms with Crippen molar-refractivity contribution in [1.82, 2.24) is 10.2 Å². The maximum atomic E-state index is 12.0. The van der Waals surface area contributed by atoms with Gasteiger partial charge in [-0.25, -0.2) is 9.59 Å². The van der Waals surface area contributed by atoms with Crippen LogP contribution in [0.15, 0.2) is 24.3 Å². The van der Waals surface area contributed by atoms with Gasteiger partial charge in [-0.2, -0.15) is 0 Å². The number of hydrogen-bond acceptors (Lipinski definition) is 3. The zero-order valence-corrected chi connectivity index (χ0v) is 11.9. The maximum absolute atomic E-state index is 12.0. The fraction of sp³-hybridized carbons (Fsp3) is 0.467. The first-order valence-electron chi connectivity index (χ1n) is 7.17. The smallest absolute Gasteiger partial charge is 0.335 e. The van der Waals surface area contributed by atoms with Crippen molar-refractivity contribution < 1.29 is 14.7 Å². The van der Waals surface area contributed by atoms with Crippen molar-refractivity contribution in [3.05, 3.63) is 35.4 Å². The molecule has 6 heteroatoms. The molecule has 114 valence electrons. The number of likely N-dealkylation sites (tertiary alicyclic amines) is 1. The Bertz CT molecular complexity index is 511. The van der Waals surface area contributed by atoms with Gasteiger partial charge in [0.15, 0.2) is 0 Å². The molecule has 4 N–H and O–H groups in total. The fourth-order valence-corrected chi connectivity index (χ4v) is 2.39. The zero-order chi connectivity index (χ0) is 15.2. The molecule has 0 aliphatic carbocycles. The standard InChI is InChI=1S/C15H21N3O3/c16-13-5-8-18(9-6-13)15(21)17-7-4-11-2-1-3-12(10-11)14(19)20/h1-3,10,13H,4-9,16H2,(H,17,21)(H,19,20). The first-order valence-corrected chi connectivity index (χ1v) is 7.17. The van der Waals surface area contributed by atoms with E-state index in [9.17, 15) is 9.59 Å². The summed E-state index contributed by atoms with van der Waals surface area (Å²) in [4.78, 5) is 24.6. The van der Waals surface area contributed by atoms with Crippen molar-refractivity contribution in [3.63, 3.8) is 0 Å². The third-order valence-electron chi connectivity index (χ3n) is 3.69. The van der Waals surface area contributed by atoms with Crippen LogP contribution in [0.3, 0.4) is 0 Å². The van der Waals surface area contributed by atoms with Crippen LogP contribution in [0, 0.1) is 0 Å². The van der Waals surface area contributed by atoms with E-state index >= 15 is 0 Å². The third-order valence-corrected chi connectivity index (χ3v) is 3.69. The van der Waals surface area contributed by atoms with E-state index in [1.54, 1.807) is 23.1 Å². The molecular formula is C15H21N3O3. The quantitative estimate of drug-likeness (QED) is 0.773. The van der Waals surface area contributed by atoms with E-state index in [1.807, 2.05) is 6.07 Å². The van der Waals surface area contributed by atoms with E-state index in [0.29, 0.717) is 26.1 Å². The van der Waals surface area contributed by atoms with Gasteiger partial charge in [0, 0.05) is 25.7 Å². The molecule has 1 aliphatic heterocycles. The minimum atomic E-state index is -0.939. The summed E-state index contributed by atoms with van der Waals surface area (Å²) < 4.78 is 0. The van der Waals surface area contributed by atoms with Crippen molar-refractivity contribution >= 4 is 12.0 Å². The number of rotatable bonds is 4. The Morgan fingerprint density at radius 3 is 2.71 bits per heavy atom. The van der Waals surface area contributed by atoms with Crippen LogP contribution in [0.1, 0.15) is 28.8 Å². The molecule has 6 nitrogen and oxygen atoms in total. The normalized spacial score (nSPS) is 15.8. The molecule has 1 aromatic carbocycles. The average molecular weight is 291 g/mol. The summed E-state index contributed by atoms with van der Waals surface area (Å²) in [5.41, 5.74) is 6.97. The molecule has 1 aromatic rings. The Balaban J connectivity index is 1.77. The lowest BCUT2D eigenvalue weighted by molar-refractivity contribution is 0.0696. The number of nitrogens with two attached hydrogens (primary N) is 1. The van der Waals surface area contributed by atoms with E-state index in [-0.39, 0.29) is 17.6 Å². The first-order chi connectivity index (χ1) is 10.1. The minimum absolute atomic E-state index is 0.0729. The molecule has 1 saturated heterocycles. The number of benzene rings is 1. The van der Waals surface area contributed by atoms with Crippen molar-refractivity contribution in [2.45, 2.75) is 25.3 Å². The summed E-state index contributed by atoms with van der Waals surface area (Å²) >= 11 is 0. The molecule has 0 spiro atoms. The molecule has 2 rings (SSSR count). The van der Waals surface area contributed by atoms with Gasteiger partial charge in [-0.05, 0) is 37.0 Å². The van der Waals surface area contributed by atoms with E-state index in [4.69, 9.17) is 10.8 Å². The second-order valence-electron chi connectivity index (χ2n) is 5.31. The summed E-state index contributed by atoms with van der Waals surface area (Å²) in [6.45, 7) is 1.88. The van der Waals surface area contributed by atoms with Gasteiger partial charge in [-0.1, -0.05) is 12.1 Å². The van der Waals surface area contributed by atoms with Gasteiger partial charge in [-0.3, -0.25) is 0 Å². The van der Waals surface area contributed by atoms with Gasteiger partial charge in [0.25, 0.3) is 0 Å². The number of carboxylic acid groups (broad SMARTS) is 1. The molecule has 0 saturated carbocycles. The molecule has 1 heterocycles. The molecular weight excluding hydrogens is 270 g/mol. The van der Waals surface area contributed by atoms with Gasteiger partial charge < -0.3 is 21.1 Å². The van der Waals surface area contributed by atoms with Crippen LogP contribution in [0.5, 0.6) is 0 Å². The number of aromatic carboxylic acids is 1.